The van der Waals surface area contributed by atoms with Crippen molar-refractivity contribution in [1.82, 2.24) is 14.1 Å². The van der Waals surface area contributed by atoms with Gasteiger partial charge in [-0.15, -0.1) is 0 Å². The fraction of sp³-hybridized carbons (Fsp3) is 0.625. The average molecular weight is 496 g/mol. The molecular weight excluding hydrogens is 458 g/mol. The Morgan fingerprint density at radius 3 is 2.53 bits per heavy atom. The van der Waals surface area contributed by atoms with Gasteiger partial charge in [-0.3, -0.25) is 4.79 Å². The van der Waals surface area contributed by atoms with Crippen LogP contribution in [0.4, 0.5) is 0 Å². The van der Waals surface area contributed by atoms with E-state index in [1.807, 2.05) is 21.0 Å². The third-order valence-electron chi connectivity index (χ3n) is 5.51. The van der Waals surface area contributed by atoms with Crippen LogP contribution in [0.5, 0.6) is 5.75 Å². The van der Waals surface area contributed by atoms with Crippen LogP contribution < -0.4 is 4.74 Å². The second kappa shape index (κ2) is 11.1. The van der Waals surface area contributed by atoms with Crippen LogP contribution in [0.15, 0.2) is 23.1 Å². The Hall–Kier alpha value is -2.16. The molecule has 9 nitrogen and oxygen atoms in total. The van der Waals surface area contributed by atoms with Gasteiger partial charge in [0.05, 0.1) is 19.7 Å². The summed E-state index contributed by atoms with van der Waals surface area (Å²) in [4.78, 5) is 15.9. The number of amides is 1. The molecule has 34 heavy (non-hydrogen) atoms. The van der Waals surface area contributed by atoms with Gasteiger partial charge < -0.3 is 24.7 Å². The van der Waals surface area contributed by atoms with Gasteiger partial charge in [-0.05, 0) is 53.1 Å². The van der Waals surface area contributed by atoms with Crippen molar-refractivity contribution in [2.24, 2.45) is 5.92 Å². The fourth-order valence-electron chi connectivity index (χ4n) is 3.51. The predicted octanol–water partition coefficient (Wildman–Crippen LogP) is 0.598. The van der Waals surface area contributed by atoms with E-state index in [1.165, 1.54) is 10.4 Å². The number of carbonyl (C=O) groups excluding carboxylic acids is 1. The molecule has 1 heterocycles. The minimum Gasteiger partial charge on any atom is -0.487 e. The van der Waals surface area contributed by atoms with Crippen molar-refractivity contribution in [2.45, 2.75) is 50.3 Å². The quantitative estimate of drug-likeness (QED) is 0.556. The molecule has 2 rings (SSSR count). The molecule has 1 aromatic carbocycles. The van der Waals surface area contributed by atoms with Crippen LogP contribution in [0.25, 0.3) is 0 Å². The Bertz CT molecular complexity index is 1040. The largest absolute Gasteiger partial charge is 0.487 e. The SMILES string of the molecule is C[C@H]1CN([C@@H](C)CO)S(=O)(=O)c2ccc(C#CC(C)(C)O)cc2O[C@@H]1CN(C)C(=O)CN(C)C. The molecule has 0 fully saturated rings. The molecule has 1 aromatic rings. The van der Waals surface area contributed by atoms with Crippen molar-refractivity contribution in [1.29, 1.82) is 0 Å². The van der Waals surface area contributed by atoms with Crippen molar-refractivity contribution in [2.75, 3.05) is 47.4 Å². The van der Waals surface area contributed by atoms with Crippen LogP contribution in [-0.2, 0) is 14.8 Å². The van der Waals surface area contributed by atoms with E-state index in [2.05, 4.69) is 11.8 Å². The van der Waals surface area contributed by atoms with Gasteiger partial charge in [0.1, 0.15) is 22.4 Å². The zero-order chi connectivity index (χ0) is 25.8. The van der Waals surface area contributed by atoms with Crippen LogP contribution in [-0.4, -0.2) is 104 Å². The maximum atomic E-state index is 13.5. The summed E-state index contributed by atoms with van der Waals surface area (Å²) in [5, 5.41) is 19.7. The molecule has 0 bridgehead atoms. The van der Waals surface area contributed by atoms with Crippen molar-refractivity contribution in [3.05, 3.63) is 23.8 Å². The van der Waals surface area contributed by atoms with Gasteiger partial charge in [-0.2, -0.15) is 4.31 Å². The Kier molecular flexibility index (Phi) is 9.13. The first-order valence-electron chi connectivity index (χ1n) is 11.2. The lowest BCUT2D eigenvalue weighted by atomic mass is 10.0. The number of hydrogen-bond acceptors (Lipinski definition) is 7. The van der Waals surface area contributed by atoms with Crippen molar-refractivity contribution >= 4 is 15.9 Å². The lowest BCUT2D eigenvalue weighted by Crippen LogP contribution is -2.50. The van der Waals surface area contributed by atoms with Gasteiger partial charge in [0.15, 0.2) is 0 Å². The van der Waals surface area contributed by atoms with Gasteiger partial charge in [0.25, 0.3) is 0 Å². The topological polar surface area (TPSA) is 111 Å². The fourth-order valence-corrected chi connectivity index (χ4v) is 5.34. The number of nitrogens with zero attached hydrogens (tertiary/aromatic N) is 3. The molecule has 1 aliphatic heterocycles. The summed E-state index contributed by atoms with van der Waals surface area (Å²) in [5.74, 6) is 5.33. The van der Waals surface area contributed by atoms with E-state index in [9.17, 15) is 23.4 Å². The monoisotopic (exact) mass is 495 g/mol. The number of likely N-dealkylation sites (N-methyl/N-ethyl adjacent to an activating group) is 2. The van der Waals surface area contributed by atoms with Crippen LogP contribution >= 0.6 is 0 Å². The molecule has 0 unspecified atom stereocenters. The van der Waals surface area contributed by atoms with E-state index in [0.717, 1.165) is 0 Å². The smallest absolute Gasteiger partial charge is 0.247 e. The molecule has 0 aliphatic carbocycles. The molecule has 0 spiro atoms. The summed E-state index contributed by atoms with van der Waals surface area (Å²) < 4.78 is 34.5. The molecule has 0 aromatic heterocycles. The third-order valence-corrected chi connectivity index (χ3v) is 7.53. The van der Waals surface area contributed by atoms with Crippen molar-refractivity contribution < 1.29 is 28.2 Å². The van der Waals surface area contributed by atoms with Crippen molar-refractivity contribution in [3.8, 4) is 17.6 Å². The highest BCUT2D eigenvalue weighted by molar-refractivity contribution is 7.89. The first kappa shape index (κ1) is 28.1. The third kappa shape index (κ3) is 7.17. The van der Waals surface area contributed by atoms with E-state index >= 15 is 0 Å². The summed E-state index contributed by atoms with van der Waals surface area (Å²) in [7, 11) is 1.35. The van der Waals surface area contributed by atoms with E-state index in [4.69, 9.17) is 4.74 Å². The van der Waals surface area contributed by atoms with Gasteiger partial charge in [0, 0.05) is 31.1 Å². The average Bonchev–Trinajstić information content (AvgIpc) is 2.73. The van der Waals surface area contributed by atoms with Gasteiger partial charge in [0.2, 0.25) is 15.9 Å². The van der Waals surface area contributed by atoms with E-state index < -0.39 is 27.8 Å². The first-order chi connectivity index (χ1) is 15.7. The molecule has 0 radical (unpaired) electrons. The number of aliphatic hydroxyl groups excluding tert-OH is 1. The Balaban J connectivity index is 2.55. The maximum Gasteiger partial charge on any atom is 0.247 e. The normalized spacial score (nSPS) is 21.4. The zero-order valence-electron chi connectivity index (χ0n) is 21.1. The molecule has 10 heteroatoms. The van der Waals surface area contributed by atoms with Crippen LogP contribution in [0, 0.1) is 17.8 Å². The van der Waals surface area contributed by atoms with Crippen LogP contribution in [0.3, 0.4) is 0 Å². The minimum absolute atomic E-state index is 0.0271. The summed E-state index contributed by atoms with van der Waals surface area (Å²) in [6.07, 6.45) is -0.503. The van der Waals surface area contributed by atoms with Crippen molar-refractivity contribution in [3.63, 3.8) is 0 Å². The summed E-state index contributed by atoms with van der Waals surface area (Å²) in [5.41, 5.74) is -0.723. The van der Waals surface area contributed by atoms with E-state index in [0.29, 0.717) is 5.56 Å². The van der Waals surface area contributed by atoms with Crippen LogP contribution in [0.1, 0.15) is 33.3 Å². The predicted molar refractivity (Wildman–Crippen MR) is 130 cm³/mol. The zero-order valence-corrected chi connectivity index (χ0v) is 21.9. The number of rotatable bonds is 6. The minimum atomic E-state index is -3.97. The van der Waals surface area contributed by atoms with Gasteiger partial charge in [-0.25, -0.2) is 8.42 Å². The second-order valence-corrected chi connectivity index (χ2v) is 11.6. The summed E-state index contributed by atoms with van der Waals surface area (Å²) in [6, 6.07) is 3.90. The molecule has 2 N–H and O–H groups in total. The molecule has 3 atom stereocenters. The molecule has 1 aliphatic rings. The number of ether oxygens (including phenoxy) is 1. The highest BCUT2D eigenvalue weighted by atomic mass is 32.2. The van der Waals surface area contributed by atoms with E-state index in [-0.39, 0.29) is 48.7 Å². The standard InChI is InChI=1S/C24H37N3O6S/c1-17-13-27(18(2)16-28)34(31,32)22-9-8-19(10-11-24(3,4)30)12-20(22)33-21(17)14-26(7)23(29)15-25(5)6/h8-9,12,17-18,21,28,30H,13-16H2,1-7H3/t17-,18-,21+/m0/s1. The molecule has 0 saturated carbocycles. The number of aliphatic hydroxyl groups is 2. The molecule has 190 valence electrons. The molecule has 1 amide bonds. The number of benzene rings is 1. The highest BCUT2D eigenvalue weighted by Gasteiger charge is 2.38. The summed E-state index contributed by atoms with van der Waals surface area (Å²) >= 11 is 0. The van der Waals surface area contributed by atoms with Gasteiger partial charge in [-0.1, -0.05) is 18.8 Å². The Morgan fingerprint density at radius 2 is 1.97 bits per heavy atom. The Morgan fingerprint density at radius 1 is 1.32 bits per heavy atom. The lowest BCUT2D eigenvalue weighted by Gasteiger charge is -2.37. The Labute approximate surface area is 203 Å². The number of hydrogen-bond donors (Lipinski definition) is 2. The first-order valence-corrected chi connectivity index (χ1v) is 12.7. The van der Waals surface area contributed by atoms with Gasteiger partial charge >= 0.3 is 0 Å². The molecule has 0 saturated heterocycles. The number of fused-ring (bicyclic) bond motifs is 1. The van der Waals surface area contributed by atoms with E-state index in [1.54, 1.807) is 49.8 Å². The lowest BCUT2D eigenvalue weighted by molar-refractivity contribution is -0.132. The molecular formula is C24H37N3O6S. The number of sulfonamides is 1. The highest BCUT2D eigenvalue weighted by Crippen LogP contribution is 2.34. The number of carbonyl (C=O) groups is 1. The summed E-state index contributed by atoms with van der Waals surface area (Å²) in [6.45, 7) is 6.93. The maximum absolute atomic E-state index is 13.5. The van der Waals surface area contributed by atoms with Crippen LogP contribution in [0.2, 0.25) is 0 Å². The second-order valence-electron chi connectivity index (χ2n) is 9.72.